The molecule has 0 aliphatic carbocycles. The van der Waals surface area contributed by atoms with E-state index in [4.69, 9.17) is 0 Å². The number of amides is 2. The summed E-state index contributed by atoms with van der Waals surface area (Å²) in [7, 11) is 1.86. The van der Waals surface area contributed by atoms with Crippen molar-refractivity contribution in [2.45, 2.75) is 24.2 Å². The van der Waals surface area contributed by atoms with Crippen molar-refractivity contribution in [2.24, 2.45) is 0 Å². The van der Waals surface area contributed by atoms with Gasteiger partial charge in [-0.15, -0.1) is 11.8 Å². The van der Waals surface area contributed by atoms with Crippen LogP contribution < -0.4 is 15.5 Å². The highest BCUT2D eigenvalue weighted by Crippen LogP contribution is 2.24. The van der Waals surface area contributed by atoms with Gasteiger partial charge in [0.1, 0.15) is 0 Å². The molecular formula is C22H30N3O2S+. The molecule has 2 aromatic rings. The Balaban J connectivity index is 1.78. The molecule has 0 aromatic heterocycles. The third-order valence-electron chi connectivity index (χ3n) is 4.62. The van der Waals surface area contributed by atoms with Gasteiger partial charge in [-0.2, -0.15) is 0 Å². The molecule has 0 saturated heterocycles. The average molecular weight is 401 g/mol. The van der Waals surface area contributed by atoms with Gasteiger partial charge in [0.05, 0.1) is 12.7 Å². The molecule has 0 spiro atoms. The molecule has 5 nitrogen and oxygen atoms in total. The summed E-state index contributed by atoms with van der Waals surface area (Å²) in [6.07, 6.45) is 2.94. The fourth-order valence-electron chi connectivity index (χ4n) is 3.08. The molecule has 150 valence electrons. The number of hydrogen-bond donors (Lipinski definition) is 3. The van der Waals surface area contributed by atoms with Gasteiger partial charge >= 0.3 is 0 Å². The van der Waals surface area contributed by atoms with Crippen molar-refractivity contribution in [3.63, 3.8) is 0 Å². The maximum absolute atomic E-state index is 12.3. The maximum atomic E-state index is 12.3. The van der Waals surface area contributed by atoms with Gasteiger partial charge in [0.15, 0.2) is 13.1 Å². The van der Waals surface area contributed by atoms with Gasteiger partial charge in [-0.05, 0) is 30.4 Å². The second-order valence-electron chi connectivity index (χ2n) is 6.88. The smallest absolute Gasteiger partial charge is 0.279 e. The monoisotopic (exact) mass is 400 g/mol. The van der Waals surface area contributed by atoms with Crippen molar-refractivity contribution in [1.82, 2.24) is 5.32 Å². The molecule has 6 heteroatoms. The molecule has 0 saturated carbocycles. The van der Waals surface area contributed by atoms with Crippen LogP contribution in [0.5, 0.6) is 0 Å². The molecule has 2 atom stereocenters. The van der Waals surface area contributed by atoms with E-state index < -0.39 is 0 Å². The Bertz CT molecular complexity index is 767. The molecular weight excluding hydrogens is 370 g/mol. The Kier molecular flexibility index (Phi) is 9.04. The van der Waals surface area contributed by atoms with Crippen molar-refractivity contribution >= 4 is 29.3 Å². The lowest BCUT2D eigenvalue weighted by Gasteiger charge is -2.18. The van der Waals surface area contributed by atoms with Crippen LogP contribution in [0.1, 0.15) is 24.8 Å². The van der Waals surface area contributed by atoms with E-state index in [0.29, 0.717) is 12.5 Å². The van der Waals surface area contributed by atoms with Gasteiger partial charge in [0.2, 0.25) is 0 Å². The van der Waals surface area contributed by atoms with E-state index in [2.05, 4.69) is 29.7 Å². The van der Waals surface area contributed by atoms with Gasteiger partial charge in [0, 0.05) is 17.4 Å². The second-order valence-corrected chi connectivity index (χ2v) is 7.73. The third-order valence-corrected chi connectivity index (χ3v) is 5.41. The number of carbonyl (C=O) groups excluding carboxylic acids is 2. The molecule has 2 rings (SSSR count). The highest BCUT2D eigenvalue weighted by molar-refractivity contribution is 7.98. The summed E-state index contributed by atoms with van der Waals surface area (Å²) < 4.78 is 0. The van der Waals surface area contributed by atoms with Crippen LogP contribution in [-0.2, 0) is 9.59 Å². The largest absolute Gasteiger partial charge is 0.351 e. The van der Waals surface area contributed by atoms with Gasteiger partial charge in [-0.3, -0.25) is 9.59 Å². The van der Waals surface area contributed by atoms with E-state index in [1.165, 1.54) is 5.56 Å². The van der Waals surface area contributed by atoms with Crippen LogP contribution in [0, 0.1) is 0 Å². The average Bonchev–Trinajstić information content (AvgIpc) is 2.69. The molecule has 0 heterocycles. The van der Waals surface area contributed by atoms with E-state index >= 15 is 0 Å². The number of quaternary nitrogens is 1. The number of anilines is 1. The molecule has 3 N–H and O–H groups in total. The quantitative estimate of drug-likeness (QED) is 0.536. The molecule has 0 fully saturated rings. The van der Waals surface area contributed by atoms with Gasteiger partial charge in [0.25, 0.3) is 11.8 Å². The highest BCUT2D eigenvalue weighted by Gasteiger charge is 2.16. The molecule has 0 radical (unpaired) electrons. The van der Waals surface area contributed by atoms with E-state index in [0.717, 1.165) is 21.9 Å². The van der Waals surface area contributed by atoms with Crippen molar-refractivity contribution in [3.05, 3.63) is 60.2 Å². The summed E-state index contributed by atoms with van der Waals surface area (Å²) in [5, 5.41) is 5.94. The summed E-state index contributed by atoms with van der Waals surface area (Å²) in [5.41, 5.74) is 2.05. The molecule has 1 unspecified atom stereocenters. The highest BCUT2D eigenvalue weighted by atomic mass is 32.2. The number of thioether (sulfide) groups is 1. The zero-order chi connectivity index (χ0) is 20.4. The van der Waals surface area contributed by atoms with Gasteiger partial charge < -0.3 is 15.5 Å². The normalized spacial score (nSPS) is 12.8. The minimum absolute atomic E-state index is 0.0378. The number of benzene rings is 2. The predicted octanol–water partition coefficient (Wildman–Crippen LogP) is 2.17. The summed E-state index contributed by atoms with van der Waals surface area (Å²) in [6.45, 7) is 3.24. The molecule has 0 bridgehead atoms. The molecule has 0 aliphatic heterocycles. The summed E-state index contributed by atoms with van der Waals surface area (Å²) >= 11 is 1.59. The van der Waals surface area contributed by atoms with Crippen LogP contribution in [0.25, 0.3) is 0 Å². The lowest BCUT2D eigenvalue weighted by Crippen LogP contribution is -3.11. The number of likely N-dealkylation sites (N-methyl/N-ethyl adjacent to an activating group) is 1. The molecule has 2 amide bonds. The van der Waals surface area contributed by atoms with Crippen LogP contribution >= 0.6 is 11.8 Å². The van der Waals surface area contributed by atoms with E-state index in [1.54, 1.807) is 11.8 Å². The van der Waals surface area contributed by atoms with Crippen molar-refractivity contribution in [2.75, 3.05) is 38.3 Å². The van der Waals surface area contributed by atoms with E-state index in [9.17, 15) is 9.59 Å². The first-order valence-corrected chi connectivity index (χ1v) is 10.8. The lowest BCUT2D eigenvalue weighted by atomic mass is 9.96. The predicted molar refractivity (Wildman–Crippen MR) is 116 cm³/mol. The third kappa shape index (κ3) is 7.02. The summed E-state index contributed by atoms with van der Waals surface area (Å²) in [4.78, 5) is 26.5. The fourth-order valence-corrected chi connectivity index (χ4v) is 3.63. The van der Waals surface area contributed by atoms with Crippen molar-refractivity contribution in [1.29, 1.82) is 0 Å². The van der Waals surface area contributed by atoms with E-state index in [-0.39, 0.29) is 24.9 Å². The Morgan fingerprint density at radius 3 is 2.32 bits per heavy atom. The first kappa shape index (κ1) is 22.0. The zero-order valence-electron chi connectivity index (χ0n) is 16.8. The second kappa shape index (κ2) is 11.5. The number of nitrogens with one attached hydrogen (secondary N) is 3. The molecule has 0 aliphatic rings. The van der Waals surface area contributed by atoms with Crippen molar-refractivity contribution < 1.29 is 14.5 Å². The van der Waals surface area contributed by atoms with Gasteiger partial charge in [-0.1, -0.05) is 49.4 Å². The SMILES string of the molecule is CC[C@@H](CNC(=O)C[NH+](C)CC(=O)Nc1ccccc1SC)c1ccccc1. The Labute approximate surface area is 171 Å². The summed E-state index contributed by atoms with van der Waals surface area (Å²) in [6, 6.07) is 17.9. The first-order valence-electron chi connectivity index (χ1n) is 9.59. The Morgan fingerprint density at radius 2 is 1.64 bits per heavy atom. The van der Waals surface area contributed by atoms with Crippen LogP contribution in [0.15, 0.2) is 59.5 Å². The first-order chi connectivity index (χ1) is 13.5. The van der Waals surface area contributed by atoms with Gasteiger partial charge in [-0.25, -0.2) is 0 Å². The molecule has 2 aromatic carbocycles. The van der Waals surface area contributed by atoms with E-state index in [1.807, 2.05) is 55.8 Å². The number of rotatable bonds is 10. The van der Waals surface area contributed by atoms with Crippen molar-refractivity contribution in [3.8, 4) is 0 Å². The van der Waals surface area contributed by atoms with Crippen LogP contribution in [0.3, 0.4) is 0 Å². The molecule has 28 heavy (non-hydrogen) atoms. The van der Waals surface area contributed by atoms with Crippen LogP contribution in [0.4, 0.5) is 5.69 Å². The Hall–Kier alpha value is -2.31. The minimum Gasteiger partial charge on any atom is -0.351 e. The minimum atomic E-state index is -0.0949. The van der Waals surface area contributed by atoms with Crippen LogP contribution in [0.2, 0.25) is 0 Å². The lowest BCUT2D eigenvalue weighted by molar-refractivity contribution is -0.862. The zero-order valence-corrected chi connectivity index (χ0v) is 17.6. The summed E-state index contributed by atoms with van der Waals surface area (Å²) in [5.74, 6) is 0.170. The number of hydrogen-bond acceptors (Lipinski definition) is 3. The fraction of sp³-hybridized carbons (Fsp3) is 0.364. The Morgan fingerprint density at radius 1 is 1.00 bits per heavy atom. The maximum Gasteiger partial charge on any atom is 0.279 e. The van der Waals surface area contributed by atoms with Crippen LogP contribution in [-0.4, -0.2) is 44.8 Å². The topological polar surface area (TPSA) is 62.6 Å². The number of para-hydroxylation sites is 1. The standard InChI is InChI=1S/C22H29N3O2S/c1-4-17(18-10-6-5-7-11-18)14-23-21(26)15-25(2)16-22(27)24-19-12-8-9-13-20(19)28-3/h5-13,17H,4,14-16H2,1-3H3,(H,23,26)(H,24,27)/p+1/t17-/m0/s1. The number of carbonyl (C=O) groups is 2.